The molecule has 1 N–H and O–H groups in total. The van der Waals surface area contributed by atoms with Crippen LogP contribution in [0.25, 0.3) is 0 Å². The average Bonchev–Trinajstić information content (AvgIpc) is 1.87. The normalized spacial score (nSPS) is 12.5. The number of hydrogen-bond acceptors (Lipinski definition) is 1. The lowest BCUT2D eigenvalue weighted by Crippen LogP contribution is -2.05. The minimum absolute atomic E-state index is 0.271. The molecule has 0 fully saturated rings. The van der Waals surface area contributed by atoms with Gasteiger partial charge in [0.05, 0.1) is 6.10 Å². The van der Waals surface area contributed by atoms with Crippen molar-refractivity contribution >= 4 is 11.6 Å². The van der Waals surface area contributed by atoms with E-state index in [1.54, 1.807) is 0 Å². The van der Waals surface area contributed by atoms with E-state index in [1.165, 1.54) is 0 Å². The van der Waals surface area contributed by atoms with E-state index in [9.17, 15) is 0 Å². The molecular formula is C8H13ClO. The number of rotatable bonds is 2. The summed E-state index contributed by atoms with van der Waals surface area (Å²) in [6.45, 7) is 4.03. The zero-order valence-electron chi connectivity index (χ0n) is 6.39. The van der Waals surface area contributed by atoms with E-state index in [4.69, 9.17) is 16.7 Å². The van der Waals surface area contributed by atoms with Crippen LogP contribution >= 0.6 is 11.6 Å². The number of halogens is 1. The van der Waals surface area contributed by atoms with Crippen molar-refractivity contribution in [3.63, 3.8) is 0 Å². The molecule has 0 aliphatic heterocycles. The predicted octanol–water partition coefficient (Wildman–Crippen LogP) is 1.64. The first-order chi connectivity index (χ1) is 4.66. The highest BCUT2D eigenvalue weighted by Gasteiger charge is 1.96. The van der Waals surface area contributed by atoms with Crippen LogP contribution in [0.1, 0.15) is 20.3 Å². The minimum atomic E-state index is -0.465. The van der Waals surface area contributed by atoms with E-state index in [1.807, 2.05) is 13.8 Å². The van der Waals surface area contributed by atoms with Crippen LogP contribution in [-0.2, 0) is 0 Å². The van der Waals surface area contributed by atoms with Crippen LogP contribution in [0.2, 0.25) is 0 Å². The summed E-state index contributed by atoms with van der Waals surface area (Å²) in [5.41, 5.74) is 0. The molecule has 0 aliphatic rings. The monoisotopic (exact) mass is 160 g/mol. The molecule has 1 atom stereocenters. The molecule has 0 saturated carbocycles. The molecule has 2 heteroatoms. The van der Waals surface area contributed by atoms with Crippen molar-refractivity contribution in [1.82, 2.24) is 0 Å². The third-order valence-corrected chi connectivity index (χ3v) is 1.26. The maximum Gasteiger partial charge on any atom is 0.0784 e. The van der Waals surface area contributed by atoms with Crippen molar-refractivity contribution in [2.45, 2.75) is 26.4 Å². The van der Waals surface area contributed by atoms with E-state index in [-0.39, 0.29) is 5.88 Å². The summed E-state index contributed by atoms with van der Waals surface area (Å²) in [6.07, 6.45) is 0.0229. The summed E-state index contributed by atoms with van der Waals surface area (Å²) in [7, 11) is 0. The molecule has 0 aromatic rings. The Morgan fingerprint density at radius 3 is 2.50 bits per heavy atom. The molecule has 0 radical (unpaired) electrons. The van der Waals surface area contributed by atoms with Gasteiger partial charge in [-0.1, -0.05) is 13.8 Å². The Morgan fingerprint density at radius 2 is 2.10 bits per heavy atom. The second-order valence-electron chi connectivity index (χ2n) is 2.49. The van der Waals surface area contributed by atoms with Gasteiger partial charge in [0, 0.05) is 18.2 Å². The number of aliphatic hydroxyl groups excluding tert-OH is 1. The first kappa shape index (κ1) is 9.81. The van der Waals surface area contributed by atoms with Gasteiger partial charge in [0.15, 0.2) is 0 Å². The van der Waals surface area contributed by atoms with Gasteiger partial charge in [-0.3, -0.25) is 0 Å². The van der Waals surface area contributed by atoms with E-state index in [0.717, 1.165) is 0 Å². The maximum absolute atomic E-state index is 8.94. The lowest BCUT2D eigenvalue weighted by atomic mass is 10.2. The highest BCUT2D eigenvalue weighted by molar-refractivity contribution is 6.18. The fourth-order valence-corrected chi connectivity index (χ4v) is 0.545. The molecule has 0 rings (SSSR count). The van der Waals surface area contributed by atoms with Crippen molar-refractivity contribution in [3.05, 3.63) is 0 Å². The van der Waals surface area contributed by atoms with E-state index in [2.05, 4.69) is 11.8 Å². The lowest BCUT2D eigenvalue weighted by Gasteiger charge is -1.97. The largest absolute Gasteiger partial charge is 0.391 e. The van der Waals surface area contributed by atoms with Gasteiger partial charge in [-0.25, -0.2) is 0 Å². The van der Waals surface area contributed by atoms with Crippen LogP contribution in [0.15, 0.2) is 0 Å². The molecule has 1 unspecified atom stereocenters. The predicted molar refractivity (Wildman–Crippen MR) is 44.0 cm³/mol. The SMILES string of the molecule is CC(C)C#CCC(O)CCl. The Balaban J connectivity index is 3.45. The Hall–Kier alpha value is -0.190. The van der Waals surface area contributed by atoms with Crippen molar-refractivity contribution in [3.8, 4) is 11.8 Å². The van der Waals surface area contributed by atoms with Gasteiger partial charge in [0.2, 0.25) is 0 Å². The first-order valence-electron chi connectivity index (χ1n) is 3.39. The van der Waals surface area contributed by atoms with Crippen LogP contribution in [0, 0.1) is 17.8 Å². The molecular weight excluding hydrogens is 148 g/mol. The first-order valence-corrected chi connectivity index (χ1v) is 3.92. The highest BCUT2D eigenvalue weighted by Crippen LogP contribution is 1.93. The quantitative estimate of drug-likeness (QED) is 0.481. The van der Waals surface area contributed by atoms with E-state index < -0.39 is 6.10 Å². The maximum atomic E-state index is 8.94. The molecule has 0 saturated heterocycles. The van der Waals surface area contributed by atoms with Gasteiger partial charge in [0.1, 0.15) is 0 Å². The van der Waals surface area contributed by atoms with Gasteiger partial charge in [-0.2, -0.15) is 0 Å². The van der Waals surface area contributed by atoms with E-state index in [0.29, 0.717) is 12.3 Å². The zero-order valence-corrected chi connectivity index (χ0v) is 7.15. The molecule has 0 aliphatic carbocycles. The van der Waals surface area contributed by atoms with Gasteiger partial charge < -0.3 is 5.11 Å². The Kier molecular flexibility index (Phi) is 5.48. The number of aliphatic hydroxyl groups is 1. The van der Waals surface area contributed by atoms with Crippen molar-refractivity contribution in [2.75, 3.05) is 5.88 Å². The molecule has 10 heavy (non-hydrogen) atoms. The molecule has 0 aromatic heterocycles. The topological polar surface area (TPSA) is 20.2 Å². The fourth-order valence-electron chi connectivity index (χ4n) is 0.435. The smallest absolute Gasteiger partial charge is 0.0784 e. The molecule has 0 bridgehead atoms. The van der Waals surface area contributed by atoms with Gasteiger partial charge in [-0.05, 0) is 0 Å². The molecule has 1 nitrogen and oxygen atoms in total. The third-order valence-electron chi connectivity index (χ3n) is 0.907. The number of hydrogen-bond donors (Lipinski definition) is 1. The van der Waals surface area contributed by atoms with Crippen molar-refractivity contribution in [2.24, 2.45) is 5.92 Å². The van der Waals surface area contributed by atoms with Crippen molar-refractivity contribution in [1.29, 1.82) is 0 Å². The second-order valence-corrected chi connectivity index (χ2v) is 2.80. The molecule has 0 amide bonds. The summed E-state index contributed by atoms with van der Waals surface area (Å²) >= 11 is 5.35. The zero-order chi connectivity index (χ0) is 7.98. The van der Waals surface area contributed by atoms with Crippen LogP contribution in [0.4, 0.5) is 0 Å². The molecule has 0 spiro atoms. The molecule has 58 valence electrons. The minimum Gasteiger partial charge on any atom is -0.391 e. The van der Waals surface area contributed by atoms with E-state index >= 15 is 0 Å². The third kappa shape index (κ3) is 5.94. The summed E-state index contributed by atoms with van der Waals surface area (Å²) < 4.78 is 0. The summed E-state index contributed by atoms with van der Waals surface area (Å²) in [4.78, 5) is 0. The molecule has 0 aromatic carbocycles. The lowest BCUT2D eigenvalue weighted by molar-refractivity contribution is 0.204. The second kappa shape index (κ2) is 5.58. The van der Waals surface area contributed by atoms with Gasteiger partial charge in [0.25, 0.3) is 0 Å². The summed E-state index contributed by atoms with van der Waals surface area (Å²) in [6, 6.07) is 0. The van der Waals surface area contributed by atoms with Gasteiger partial charge >= 0.3 is 0 Å². The Labute approximate surface area is 67.4 Å². The average molecular weight is 161 g/mol. The Bertz CT molecular complexity index is 132. The van der Waals surface area contributed by atoms with Crippen LogP contribution in [0.5, 0.6) is 0 Å². The van der Waals surface area contributed by atoms with Gasteiger partial charge in [-0.15, -0.1) is 23.4 Å². The van der Waals surface area contributed by atoms with Crippen LogP contribution in [-0.4, -0.2) is 17.1 Å². The van der Waals surface area contributed by atoms with Crippen molar-refractivity contribution < 1.29 is 5.11 Å². The van der Waals surface area contributed by atoms with Crippen LogP contribution in [0.3, 0.4) is 0 Å². The highest BCUT2D eigenvalue weighted by atomic mass is 35.5. The summed E-state index contributed by atoms with van der Waals surface area (Å²) in [5.74, 6) is 6.44. The standard InChI is InChI=1S/C8H13ClO/c1-7(2)4-3-5-8(10)6-9/h7-8,10H,5-6H2,1-2H3. The fraction of sp³-hybridized carbons (Fsp3) is 0.750. The summed E-state index contributed by atoms with van der Waals surface area (Å²) in [5, 5.41) is 8.94. The van der Waals surface area contributed by atoms with Crippen LogP contribution < -0.4 is 0 Å². The Morgan fingerprint density at radius 1 is 1.50 bits per heavy atom. The number of alkyl halides is 1. The molecule has 0 heterocycles.